The molecule has 0 radical (unpaired) electrons. The van der Waals surface area contributed by atoms with Crippen LogP contribution in [0.4, 0.5) is 8.78 Å². The van der Waals surface area contributed by atoms with Gasteiger partial charge in [-0.2, -0.15) is 6.42 Å². The van der Waals surface area contributed by atoms with Crippen LogP contribution >= 0.6 is 0 Å². The maximum Gasteiger partial charge on any atom is 0.788 e. The molecule has 0 heterocycles. The van der Waals surface area contributed by atoms with Gasteiger partial charge in [-0.1, -0.05) is 92.2 Å². The van der Waals surface area contributed by atoms with Crippen molar-refractivity contribution in [3.8, 4) is 11.5 Å². The molecule has 244 valence electrons. The Morgan fingerprint density at radius 3 is 1.91 bits per heavy atom. The second-order valence-electron chi connectivity index (χ2n) is 11.4. The van der Waals surface area contributed by atoms with Gasteiger partial charge in [0, 0.05) is 19.1 Å². The zero-order valence-electron chi connectivity index (χ0n) is 28.1. The summed E-state index contributed by atoms with van der Waals surface area (Å²) in [5.41, 5.74) is 0.572. The summed E-state index contributed by atoms with van der Waals surface area (Å²) < 4.78 is 48.5. The van der Waals surface area contributed by atoms with E-state index in [1.165, 1.54) is 37.5 Å². The predicted octanol–water partition coefficient (Wildman–Crippen LogP) is 10.9. The third kappa shape index (κ3) is 14.0. The lowest BCUT2D eigenvalue weighted by atomic mass is 9.96. The molecule has 1 unspecified atom stereocenters. The summed E-state index contributed by atoms with van der Waals surface area (Å²) in [6, 6.07) is 10.8. The Morgan fingerprint density at radius 1 is 0.744 bits per heavy atom. The van der Waals surface area contributed by atoms with Crippen LogP contribution in [0.5, 0.6) is 11.5 Å². The summed E-state index contributed by atoms with van der Waals surface area (Å²) in [5, 5.41) is 0. The Kier molecular flexibility index (Phi) is 21.1. The molecular formula is C36H60BF2NO3. The van der Waals surface area contributed by atoms with Crippen LogP contribution in [0, 0.1) is 18.6 Å². The quantitative estimate of drug-likeness (QED) is 0.0580. The fourth-order valence-electron chi connectivity index (χ4n) is 5.93. The van der Waals surface area contributed by atoms with Gasteiger partial charge in [-0.05, 0) is 49.9 Å². The van der Waals surface area contributed by atoms with Gasteiger partial charge in [0.1, 0.15) is 29.2 Å². The van der Waals surface area contributed by atoms with Gasteiger partial charge in [0.15, 0.2) is 0 Å². The van der Waals surface area contributed by atoms with Crippen molar-refractivity contribution in [2.45, 2.75) is 125 Å². The van der Waals surface area contributed by atoms with Gasteiger partial charge in [0.05, 0.1) is 25.2 Å². The maximum absolute atomic E-state index is 15.6. The number of hydrogen-bond acceptors (Lipinski definition) is 3. The maximum atomic E-state index is 15.6. The van der Waals surface area contributed by atoms with E-state index < -0.39 is 13.1 Å². The highest BCUT2D eigenvalue weighted by atomic mass is 19.1. The molecular weight excluding hydrogens is 543 g/mol. The van der Waals surface area contributed by atoms with Crippen molar-refractivity contribution in [2.75, 3.05) is 26.2 Å². The van der Waals surface area contributed by atoms with Crippen molar-refractivity contribution in [2.24, 2.45) is 0 Å². The highest BCUT2D eigenvalue weighted by Crippen LogP contribution is 2.40. The minimum atomic E-state index is -1.12. The van der Waals surface area contributed by atoms with Gasteiger partial charge in [0.25, 0.3) is 0 Å². The van der Waals surface area contributed by atoms with E-state index in [4.69, 9.17) is 14.0 Å². The van der Waals surface area contributed by atoms with Crippen LogP contribution in [0.2, 0.25) is 0 Å². The summed E-state index contributed by atoms with van der Waals surface area (Å²) >= 11 is 0. The lowest BCUT2D eigenvalue weighted by Gasteiger charge is -2.45. The molecule has 2 aromatic carbocycles. The average molecular weight is 604 g/mol. The van der Waals surface area contributed by atoms with E-state index >= 15 is 4.39 Å². The largest absolute Gasteiger partial charge is 0.788 e. The normalized spacial score (nSPS) is 11.9. The first-order valence-corrected chi connectivity index (χ1v) is 17.0. The molecule has 0 fully saturated rings. The second-order valence-corrected chi connectivity index (χ2v) is 11.4. The standard InChI is InChI=1S/C30H47BF2NO3.C6H13/c1-6-11-12-13-23-35-31(36-26-17-14-16-25(32)24-26)37-29-19-15-18-27(33)30(29)28(10-5)34(20-7-2,21-8-3)22-9-4;1-3-5-6-4-2/h14-19,24,28H,6-13,20-23H2,1-5H3;1,3-6H2,2H3/q+1;-1. The predicted molar refractivity (Wildman–Crippen MR) is 178 cm³/mol. The average Bonchev–Trinajstić information content (AvgIpc) is 2.98. The third-order valence-corrected chi connectivity index (χ3v) is 7.76. The molecule has 2 aromatic rings. The topological polar surface area (TPSA) is 27.7 Å². The van der Waals surface area contributed by atoms with Gasteiger partial charge in [-0.3, -0.25) is 0 Å². The SMILES string of the molecule is CCCCCCOB(Oc1cccc(F)c1)Oc1cccc(F)c1C(CC)[N+](CCC)(CCC)CCC.[CH2-]CCCCC. The first kappa shape index (κ1) is 38.9. The van der Waals surface area contributed by atoms with Gasteiger partial charge in [-0.15, -0.1) is 0 Å². The van der Waals surface area contributed by atoms with E-state index in [2.05, 4.69) is 48.5 Å². The Morgan fingerprint density at radius 2 is 1.37 bits per heavy atom. The fraction of sp³-hybridized carbons (Fsp3) is 0.639. The lowest BCUT2D eigenvalue weighted by molar-refractivity contribution is -0.957. The van der Waals surface area contributed by atoms with Gasteiger partial charge in [0.2, 0.25) is 0 Å². The summed E-state index contributed by atoms with van der Waals surface area (Å²) in [7, 11) is -1.12. The van der Waals surface area contributed by atoms with E-state index in [9.17, 15) is 4.39 Å². The van der Waals surface area contributed by atoms with Crippen LogP contribution in [0.25, 0.3) is 0 Å². The molecule has 0 saturated carbocycles. The first-order chi connectivity index (χ1) is 20.9. The molecule has 7 heteroatoms. The Labute approximate surface area is 263 Å². The second kappa shape index (κ2) is 23.3. The molecule has 0 aliphatic rings. The minimum absolute atomic E-state index is 0.0598. The molecule has 0 bridgehead atoms. The molecule has 2 rings (SSSR count). The highest BCUT2D eigenvalue weighted by molar-refractivity contribution is 6.38. The fourth-order valence-corrected chi connectivity index (χ4v) is 5.93. The van der Waals surface area contributed by atoms with Gasteiger partial charge >= 0.3 is 7.32 Å². The molecule has 0 N–H and O–H groups in total. The van der Waals surface area contributed by atoms with E-state index in [1.54, 1.807) is 24.3 Å². The third-order valence-electron chi connectivity index (χ3n) is 7.76. The van der Waals surface area contributed by atoms with Crippen molar-refractivity contribution in [3.63, 3.8) is 0 Å². The number of quaternary nitrogens is 1. The molecule has 0 spiro atoms. The van der Waals surface area contributed by atoms with Crippen molar-refractivity contribution in [1.82, 2.24) is 0 Å². The van der Waals surface area contributed by atoms with Crippen LogP contribution in [0.1, 0.15) is 130 Å². The molecule has 0 aliphatic carbocycles. The molecule has 4 nitrogen and oxygen atoms in total. The number of unbranched alkanes of at least 4 members (excludes halogenated alkanes) is 6. The van der Waals surface area contributed by atoms with Gasteiger partial charge in [-0.25, -0.2) is 8.78 Å². The van der Waals surface area contributed by atoms with Crippen LogP contribution in [0.15, 0.2) is 42.5 Å². The van der Waals surface area contributed by atoms with Crippen LogP contribution in [-0.4, -0.2) is 38.0 Å². The van der Waals surface area contributed by atoms with Crippen molar-refractivity contribution in [3.05, 3.63) is 66.6 Å². The van der Waals surface area contributed by atoms with Crippen molar-refractivity contribution in [1.29, 1.82) is 0 Å². The molecule has 1 atom stereocenters. The van der Waals surface area contributed by atoms with Crippen molar-refractivity contribution >= 4 is 7.32 Å². The molecule has 0 amide bonds. The number of halogens is 2. The Hall–Kier alpha value is -2.12. The molecule has 0 saturated heterocycles. The Balaban J connectivity index is 0.00000139. The lowest BCUT2D eigenvalue weighted by Crippen LogP contribution is -2.52. The summed E-state index contributed by atoms with van der Waals surface area (Å²) in [6.07, 6.45) is 13.1. The van der Waals surface area contributed by atoms with E-state index in [-0.39, 0.29) is 11.9 Å². The zero-order chi connectivity index (χ0) is 31.9. The summed E-state index contributed by atoms with van der Waals surface area (Å²) in [5.74, 6) is 0.0457. The summed E-state index contributed by atoms with van der Waals surface area (Å²) in [4.78, 5) is 0. The van der Waals surface area contributed by atoms with E-state index in [0.29, 0.717) is 23.7 Å². The number of benzene rings is 2. The molecule has 0 aromatic heterocycles. The van der Waals surface area contributed by atoms with Crippen molar-refractivity contribution < 1.29 is 27.2 Å². The highest BCUT2D eigenvalue weighted by Gasteiger charge is 2.40. The minimum Gasteiger partial charge on any atom is -0.501 e. The van der Waals surface area contributed by atoms with Crippen LogP contribution in [-0.2, 0) is 4.65 Å². The number of nitrogens with zero attached hydrogens (tertiary/aromatic N) is 1. The summed E-state index contributed by atoms with van der Waals surface area (Å²) in [6.45, 7) is 20.2. The Bertz CT molecular complexity index is 956. The molecule has 43 heavy (non-hydrogen) atoms. The first-order valence-electron chi connectivity index (χ1n) is 17.0. The van der Waals surface area contributed by atoms with Gasteiger partial charge < -0.3 is 25.4 Å². The van der Waals surface area contributed by atoms with E-state index in [0.717, 1.165) is 81.9 Å². The number of rotatable bonds is 22. The molecule has 0 aliphatic heterocycles. The zero-order valence-corrected chi connectivity index (χ0v) is 28.1. The van der Waals surface area contributed by atoms with Crippen LogP contribution < -0.4 is 9.31 Å². The smallest absolute Gasteiger partial charge is 0.501 e. The van der Waals surface area contributed by atoms with Crippen LogP contribution in [0.3, 0.4) is 0 Å². The van der Waals surface area contributed by atoms with E-state index in [1.807, 2.05) is 0 Å². The monoisotopic (exact) mass is 603 g/mol. The number of hydrogen-bond donors (Lipinski definition) is 0.